The van der Waals surface area contributed by atoms with E-state index < -0.39 is 0 Å². The Hall–Kier alpha value is -3.45. The third kappa shape index (κ3) is 3.79. The van der Waals surface area contributed by atoms with Crippen molar-refractivity contribution in [2.24, 2.45) is 0 Å². The van der Waals surface area contributed by atoms with Crippen LogP contribution in [0.4, 0.5) is 11.5 Å². The Morgan fingerprint density at radius 1 is 1.00 bits per heavy atom. The minimum atomic E-state index is -0.249. The van der Waals surface area contributed by atoms with E-state index in [4.69, 9.17) is 0 Å². The van der Waals surface area contributed by atoms with Gasteiger partial charge in [-0.05, 0) is 47.8 Å². The highest BCUT2D eigenvalue weighted by Gasteiger charge is 2.14. The van der Waals surface area contributed by atoms with Crippen LogP contribution in [-0.4, -0.2) is 21.6 Å². The van der Waals surface area contributed by atoms with Gasteiger partial charge in [-0.15, -0.1) is 11.3 Å². The maximum absolute atomic E-state index is 12.7. The molecule has 0 fully saturated rings. The Bertz CT molecular complexity index is 1130. The molecule has 4 rings (SSSR count). The van der Waals surface area contributed by atoms with Crippen molar-refractivity contribution in [3.63, 3.8) is 0 Å². The number of nitrogens with one attached hydrogen (secondary N) is 2. The standard InChI is InChI=1S/C21H18N4O2S/c1-14(26)22-16-10-8-15(9-11-16)21(27)23-20-18-6-2-3-7-19(18)25(24-20)13-17-5-4-12-28-17/h2-12H,13H2,1H3,(H,22,26)(H,23,24,27). The second kappa shape index (κ2) is 7.66. The molecule has 0 saturated heterocycles. The van der Waals surface area contributed by atoms with E-state index in [1.54, 1.807) is 35.6 Å². The molecule has 2 aromatic carbocycles. The highest BCUT2D eigenvalue weighted by molar-refractivity contribution is 7.09. The second-order valence-corrected chi connectivity index (χ2v) is 7.35. The van der Waals surface area contributed by atoms with Crippen molar-refractivity contribution in [2.45, 2.75) is 13.5 Å². The van der Waals surface area contributed by atoms with Gasteiger partial charge in [0, 0.05) is 28.4 Å². The van der Waals surface area contributed by atoms with Gasteiger partial charge in [0.2, 0.25) is 5.91 Å². The van der Waals surface area contributed by atoms with Crippen LogP contribution in [-0.2, 0) is 11.3 Å². The highest BCUT2D eigenvalue weighted by Crippen LogP contribution is 2.25. The van der Waals surface area contributed by atoms with Crippen LogP contribution in [0.5, 0.6) is 0 Å². The predicted molar refractivity (Wildman–Crippen MR) is 112 cm³/mol. The van der Waals surface area contributed by atoms with E-state index in [-0.39, 0.29) is 11.8 Å². The molecule has 28 heavy (non-hydrogen) atoms. The molecule has 140 valence electrons. The number of thiophene rings is 1. The summed E-state index contributed by atoms with van der Waals surface area (Å²) in [6.07, 6.45) is 0. The molecule has 0 bridgehead atoms. The second-order valence-electron chi connectivity index (χ2n) is 6.32. The number of aromatic nitrogens is 2. The minimum Gasteiger partial charge on any atom is -0.326 e. The first-order valence-corrected chi connectivity index (χ1v) is 9.65. The van der Waals surface area contributed by atoms with Crippen molar-refractivity contribution in [1.29, 1.82) is 0 Å². The zero-order chi connectivity index (χ0) is 19.5. The van der Waals surface area contributed by atoms with Crippen LogP contribution >= 0.6 is 11.3 Å². The smallest absolute Gasteiger partial charge is 0.256 e. The first-order valence-electron chi connectivity index (χ1n) is 8.77. The van der Waals surface area contributed by atoms with Gasteiger partial charge in [0.25, 0.3) is 5.91 Å². The molecule has 2 N–H and O–H groups in total. The lowest BCUT2D eigenvalue weighted by Gasteiger charge is -2.05. The fourth-order valence-corrected chi connectivity index (χ4v) is 3.66. The number of carbonyl (C=O) groups is 2. The number of anilines is 2. The van der Waals surface area contributed by atoms with Gasteiger partial charge in [0.05, 0.1) is 12.1 Å². The minimum absolute atomic E-state index is 0.153. The summed E-state index contributed by atoms with van der Waals surface area (Å²) in [5, 5.41) is 13.1. The van der Waals surface area contributed by atoms with E-state index in [0.717, 1.165) is 10.9 Å². The molecule has 2 heterocycles. The summed E-state index contributed by atoms with van der Waals surface area (Å²) >= 11 is 1.67. The Morgan fingerprint density at radius 3 is 2.50 bits per heavy atom. The van der Waals surface area contributed by atoms with Gasteiger partial charge in [-0.2, -0.15) is 5.10 Å². The zero-order valence-corrected chi connectivity index (χ0v) is 16.0. The molecule has 0 aliphatic carbocycles. The van der Waals surface area contributed by atoms with Crippen LogP contribution in [0.2, 0.25) is 0 Å². The van der Waals surface area contributed by atoms with Gasteiger partial charge in [0.1, 0.15) is 0 Å². The number of para-hydroxylation sites is 1. The number of hydrogen-bond acceptors (Lipinski definition) is 4. The molecule has 2 aromatic heterocycles. The Balaban J connectivity index is 1.59. The van der Waals surface area contributed by atoms with Gasteiger partial charge < -0.3 is 10.6 Å². The molecule has 0 unspecified atom stereocenters. The maximum Gasteiger partial charge on any atom is 0.256 e. The summed E-state index contributed by atoms with van der Waals surface area (Å²) < 4.78 is 1.90. The summed E-state index contributed by atoms with van der Waals surface area (Å²) in [6, 6.07) is 18.6. The van der Waals surface area contributed by atoms with Gasteiger partial charge in [-0.25, -0.2) is 0 Å². The summed E-state index contributed by atoms with van der Waals surface area (Å²) in [7, 11) is 0. The number of fused-ring (bicyclic) bond motifs is 1. The van der Waals surface area contributed by atoms with E-state index in [9.17, 15) is 9.59 Å². The monoisotopic (exact) mass is 390 g/mol. The van der Waals surface area contributed by atoms with Gasteiger partial charge >= 0.3 is 0 Å². The van der Waals surface area contributed by atoms with Crippen molar-refractivity contribution in [3.05, 3.63) is 76.5 Å². The van der Waals surface area contributed by atoms with E-state index in [1.165, 1.54) is 11.8 Å². The summed E-state index contributed by atoms with van der Waals surface area (Å²) in [5.41, 5.74) is 2.10. The molecule has 6 nitrogen and oxygen atoms in total. The molecule has 0 aliphatic heterocycles. The Kier molecular flexibility index (Phi) is 4.90. The summed E-state index contributed by atoms with van der Waals surface area (Å²) in [6.45, 7) is 2.09. The Morgan fingerprint density at radius 2 is 1.79 bits per heavy atom. The average molecular weight is 390 g/mol. The molecule has 7 heteroatoms. The van der Waals surface area contributed by atoms with Crippen LogP contribution in [0.1, 0.15) is 22.2 Å². The Labute approximate surface area is 165 Å². The molecule has 4 aromatic rings. The van der Waals surface area contributed by atoms with Crippen molar-refractivity contribution in [3.8, 4) is 0 Å². The fourth-order valence-electron chi connectivity index (χ4n) is 2.98. The maximum atomic E-state index is 12.7. The van der Waals surface area contributed by atoms with E-state index in [0.29, 0.717) is 23.6 Å². The van der Waals surface area contributed by atoms with Gasteiger partial charge in [0.15, 0.2) is 5.82 Å². The van der Waals surface area contributed by atoms with E-state index >= 15 is 0 Å². The van der Waals surface area contributed by atoms with E-state index in [1.807, 2.05) is 40.4 Å². The van der Waals surface area contributed by atoms with Crippen LogP contribution in [0, 0.1) is 0 Å². The van der Waals surface area contributed by atoms with Crippen LogP contribution in [0.3, 0.4) is 0 Å². The molecule has 2 amide bonds. The average Bonchev–Trinajstić information content (AvgIpc) is 3.31. The normalized spacial score (nSPS) is 10.8. The summed E-state index contributed by atoms with van der Waals surface area (Å²) in [5.74, 6) is 0.129. The highest BCUT2D eigenvalue weighted by atomic mass is 32.1. The van der Waals surface area contributed by atoms with E-state index in [2.05, 4.69) is 21.8 Å². The number of carbonyl (C=O) groups excluding carboxylic acids is 2. The molecular weight excluding hydrogens is 372 g/mol. The number of nitrogens with zero attached hydrogens (tertiary/aromatic N) is 2. The third-order valence-electron chi connectivity index (χ3n) is 4.24. The van der Waals surface area contributed by atoms with Crippen molar-refractivity contribution < 1.29 is 9.59 Å². The molecule has 0 atom stereocenters. The van der Waals surface area contributed by atoms with Crippen LogP contribution < -0.4 is 10.6 Å². The van der Waals surface area contributed by atoms with Crippen molar-refractivity contribution >= 4 is 45.6 Å². The number of benzene rings is 2. The summed E-state index contributed by atoms with van der Waals surface area (Å²) in [4.78, 5) is 25.0. The van der Waals surface area contributed by atoms with Gasteiger partial charge in [-0.3, -0.25) is 14.3 Å². The molecule has 0 aliphatic rings. The van der Waals surface area contributed by atoms with Crippen LogP contribution in [0.25, 0.3) is 10.9 Å². The SMILES string of the molecule is CC(=O)Nc1ccc(C(=O)Nc2nn(Cc3cccs3)c3ccccc23)cc1. The van der Waals surface area contributed by atoms with Crippen molar-refractivity contribution in [1.82, 2.24) is 9.78 Å². The number of amides is 2. The lowest BCUT2D eigenvalue weighted by molar-refractivity contribution is -0.114. The molecule has 0 radical (unpaired) electrons. The topological polar surface area (TPSA) is 76.0 Å². The molecular formula is C21H18N4O2S. The fraction of sp³-hybridized carbons (Fsp3) is 0.0952. The van der Waals surface area contributed by atoms with Crippen LogP contribution in [0.15, 0.2) is 66.0 Å². The van der Waals surface area contributed by atoms with Crippen molar-refractivity contribution in [2.75, 3.05) is 10.6 Å². The largest absolute Gasteiger partial charge is 0.326 e. The zero-order valence-electron chi connectivity index (χ0n) is 15.2. The predicted octanol–water partition coefficient (Wildman–Crippen LogP) is 4.36. The first kappa shape index (κ1) is 17.9. The lowest BCUT2D eigenvalue weighted by atomic mass is 10.2. The number of hydrogen-bond donors (Lipinski definition) is 2. The third-order valence-corrected chi connectivity index (χ3v) is 5.10. The molecule has 0 saturated carbocycles. The number of rotatable bonds is 5. The lowest BCUT2D eigenvalue weighted by Crippen LogP contribution is -2.13. The first-order chi connectivity index (χ1) is 13.6. The quantitative estimate of drug-likeness (QED) is 0.532. The molecule has 0 spiro atoms. The van der Waals surface area contributed by atoms with Gasteiger partial charge in [-0.1, -0.05) is 18.2 Å².